The largest absolute Gasteiger partial charge is 0.351 e. The highest BCUT2D eigenvalue weighted by atomic mass is 32.1. The van der Waals surface area contributed by atoms with E-state index in [-0.39, 0.29) is 11.8 Å². The maximum Gasteiger partial charge on any atom is 0.270 e. The van der Waals surface area contributed by atoms with Gasteiger partial charge in [0.2, 0.25) is 5.91 Å². The third-order valence-electron chi connectivity index (χ3n) is 1.84. The topological polar surface area (TPSA) is 71.1 Å². The van der Waals surface area contributed by atoms with Crippen LogP contribution in [0, 0.1) is 0 Å². The summed E-state index contributed by atoms with van der Waals surface area (Å²) < 4.78 is 0. The molecule has 1 heterocycles. The first-order valence-electron chi connectivity index (χ1n) is 5.14. The average molecular weight is 241 g/mol. The second-order valence-electron chi connectivity index (χ2n) is 3.33. The van der Waals surface area contributed by atoms with Gasteiger partial charge in [-0.15, -0.1) is 11.3 Å². The molecule has 2 amide bonds. The van der Waals surface area contributed by atoms with Crippen LogP contribution in [0.1, 0.15) is 37.2 Å². The summed E-state index contributed by atoms with van der Waals surface area (Å²) in [4.78, 5) is 26.3. The van der Waals surface area contributed by atoms with Gasteiger partial charge in [-0.25, -0.2) is 4.98 Å². The standard InChI is InChI=1S/C10H15N3O2S/c1-3-4-5-11-9(15)8-6-16-10(13-8)12-7(2)14/h6H,3-5H2,1-2H3,(H,11,15)(H,12,13,14). The van der Waals surface area contributed by atoms with Crippen LogP contribution in [0.2, 0.25) is 0 Å². The van der Waals surface area contributed by atoms with E-state index in [1.165, 1.54) is 18.3 Å². The van der Waals surface area contributed by atoms with Crippen LogP contribution in [0.5, 0.6) is 0 Å². The fourth-order valence-electron chi connectivity index (χ4n) is 1.06. The zero-order chi connectivity index (χ0) is 12.0. The van der Waals surface area contributed by atoms with E-state index in [2.05, 4.69) is 22.5 Å². The number of carbonyl (C=O) groups excluding carboxylic acids is 2. The quantitative estimate of drug-likeness (QED) is 0.770. The Balaban J connectivity index is 2.49. The van der Waals surface area contributed by atoms with Crippen molar-refractivity contribution in [3.63, 3.8) is 0 Å². The minimum atomic E-state index is -0.193. The maximum absolute atomic E-state index is 11.5. The van der Waals surface area contributed by atoms with Crippen LogP contribution in [-0.2, 0) is 4.79 Å². The predicted octanol–water partition coefficient (Wildman–Crippen LogP) is 1.63. The molecule has 2 N–H and O–H groups in total. The summed E-state index contributed by atoms with van der Waals surface area (Å²) in [5.41, 5.74) is 0.352. The highest BCUT2D eigenvalue weighted by molar-refractivity contribution is 7.14. The Morgan fingerprint density at radius 2 is 2.25 bits per heavy atom. The molecule has 0 aliphatic rings. The number of rotatable bonds is 5. The molecular weight excluding hydrogens is 226 g/mol. The van der Waals surface area contributed by atoms with Crippen molar-refractivity contribution in [1.82, 2.24) is 10.3 Å². The zero-order valence-corrected chi connectivity index (χ0v) is 10.2. The van der Waals surface area contributed by atoms with E-state index in [1.54, 1.807) is 5.38 Å². The van der Waals surface area contributed by atoms with Gasteiger partial charge in [-0.05, 0) is 6.42 Å². The van der Waals surface area contributed by atoms with E-state index in [0.29, 0.717) is 17.4 Å². The Bertz CT molecular complexity index is 376. The van der Waals surface area contributed by atoms with Crippen LogP contribution in [0.25, 0.3) is 0 Å². The number of unbranched alkanes of at least 4 members (excludes halogenated alkanes) is 1. The minimum Gasteiger partial charge on any atom is -0.351 e. The van der Waals surface area contributed by atoms with Gasteiger partial charge in [-0.2, -0.15) is 0 Å². The molecule has 0 unspecified atom stereocenters. The van der Waals surface area contributed by atoms with Crippen LogP contribution < -0.4 is 10.6 Å². The molecule has 0 spiro atoms. The van der Waals surface area contributed by atoms with E-state index in [0.717, 1.165) is 12.8 Å². The molecule has 0 aliphatic heterocycles. The number of aromatic nitrogens is 1. The number of hydrogen-bond acceptors (Lipinski definition) is 4. The van der Waals surface area contributed by atoms with Crippen molar-refractivity contribution in [3.05, 3.63) is 11.1 Å². The lowest BCUT2D eigenvalue weighted by Gasteiger charge is -2.00. The second-order valence-corrected chi connectivity index (χ2v) is 4.19. The lowest BCUT2D eigenvalue weighted by molar-refractivity contribution is -0.114. The van der Waals surface area contributed by atoms with Crippen LogP contribution in [-0.4, -0.2) is 23.3 Å². The molecule has 16 heavy (non-hydrogen) atoms. The lowest BCUT2D eigenvalue weighted by Crippen LogP contribution is -2.24. The van der Waals surface area contributed by atoms with Crippen LogP contribution in [0.15, 0.2) is 5.38 Å². The van der Waals surface area contributed by atoms with Crippen LogP contribution >= 0.6 is 11.3 Å². The van der Waals surface area contributed by atoms with E-state index in [9.17, 15) is 9.59 Å². The smallest absolute Gasteiger partial charge is 0.270 e. The molecule has 5 nitrogen and oxygen atoms in total. The van der Waals surface area contributed by atoms with Crippen molar-refractivity contribution in [2.24, 2.45) is 0 Å². The van der Waals surface area contributed by atoms with Crippen molar-refractivity contribution in [2.75, 3.05) is 11.9 Å². The summed E-state index contributed by atoms with van der Waals surface area (Å²) in [6, 6.07) is 0. The molecule has 0 aromatic carbocycles. The molecule has 0 saturated carbocycles. The number of carbonyl (C=O) groups is 2. The van der Waals surface area contributed by atoms with Crippen LogP contribution in [0.3, 0.4) is 0 Å². The van der Waals surface area contributed by atoms with Crippen molar-refractivity contribution in [2.45, 2.75) is 26.7 Å². The molecule has 88 valence electrons. The Morgan fingerprint density at radius 1 is 1.50 bits per heavy atom. The van der Waals surface area contributed by atoms with Gasteiger partial charge in [0.05, 0.1) is 0 Å². The molecule has 0 atom stereocenters. The van der Waals surface area contributed by atoms with E-state index < -0.39 is 0 Å². The molecule has 0 saturated heterocycles. The van der Waals surface area contributed by atoms with Crippen molar-refractivity contribution >= 4 is 28.3 Å². The van der Waals surface area contributed by atoms with Gasteiger partial charge in [-0.3, -0.25) is 9.59 Å². The summed E-state index contributed by atoms with van der Waals surface area (Å²) in [6.07, 6.45) is 1.99. The number of hydrogen-bond donors (Lipinski definition) is 2. The van der Waals surface area contributed by atoms with Gasteiger partial charge in [0.1, 0.15) is 5.69 Å². The van der Waals surface area contributed by atoms with Gasteiger partial charge < -0.3 is 10.6 Å². The molecular formula is C10H15N3O2S. The van der Waals surface area contributed by atoms with E-state index >= 15 is 0 Å². The summed E-state index contributed by atoms with van der Waals surface area (Å²) in [5, 5.41) is 7.38. The Kier molecular flexibility index (Phi) is 4.91. The first-order chi connectivity index (χ1) is 7.63. The third kappa shape index (κ3) is 3.98. The van der Waals surface area contributed by atoms with E-state index in [4.69, 9.17) is 0 Å². The first-order valence-corrected chi connectivity index (χ1v) is 6.02. The normalized spacial score (nSPS) is 9.88. The van der Waals surface area contributed by atoms with Gasteiger partial charge in [0.25, 0.3) is 5.91 Å². The highest BCUT2D eigenvalue weighted by Gasteiger charge is 2.10. The number of amides is 2. The number of anilines is 1. The number of thiazole rings is 1. The van der Waals surface area contributed by atoms with E-state index in [1.807, 2.05) is 0 Å². The second kappa shape index (κ2) is 6.22. The number of nitrogens with zero attached hydrogens (tertiary/aromatic N) is 1. The van der Waals surface area contributed by atoms with Gasteiger partial charge in [-0.1, -0.05) is 13.3 Å². The third-order valence-corrected chi connectivity index (χ3v) is 2.59. The van der Waals surface area contributed by atoms with Gasteiger partial charge in [0, 0.05) is 18.8 Å². The average Bonchev–Trinajstić information content (AvgIpc) is 2.65. The fraction of sp³-hybridized carbons (Fsp3) is 0.500. The number of nitrogens with one attached hydrogen (secondary N) is 2. The van der Waals surface area contributed by atoms with Gasteiger partial charge >= 0.3 is 0 Å². The van der Waals surface area contributed by atoms with Crippen molar-refractivity contribution in [3.8, 4) is 0 Å². The molecule has 1 aromatic rings. The van der Waals surface area contributed by atoms with Crippen molar-refractivity contribution < 1.29 is 9.59 Å². The Morgan fingerprint density at radius 3 is 2.88 bits per heavy atom. The minimum absolute atomic E-state index is 0.188. The molecule has 6 heteroatoms. The summed E-state index contributed by atoms with van der Waals surface area (Å²) in [7, 11) is 0. The predicted molar refractivity (Wildman–Crippen MR) is 63.7 cm³/mol. The Labute approximate surface area is 98.3 Å². The molecule has 0 fully saturated rings. The summed E-state index contributed by atoms with van der Waals surface area (Å²) in [6.45, 7) is 4.12. The fourth-order valence-corrected chi connectivity index (χ4v) is 1.79. The molecule has 0 radical (unpaired) electrons. The summed E-state index contributed by atoms with van der Waals surface area (Å²) >= 11 is 1.24. The van der Waals surface area contributed by atoms with Crippen molar-refractivity contribution in [1.29, 1.82) is 0 Å². The molecule has 0 bridgehead atoms. The Hall–Kier alpha value is -1.43. The molecule has 1 rings (SSSR count). The zero-order valence-electron chi connectivity index (χ0n) is 9.37. The SMILES string of the molecule is CCCCNC(=O)c1csc(NC(C)=O)n1. The molecule has 0 aliphatic carbocycles. The maximum atomic E-state index is 11.5. The van der Waals surface area contributed by atoms with Gasteiger partial charge in [0.15, 0.2) is 5.13 Å². The first kappa shape index (κ1) is 12.6. The lowest BCUT2D eigenvalue weighted by atomic mass is 10.3. The summed E-state index contributed by atoms with van der Waals surface area (Å²) in [5.74, 6) is -0.381. The highest BCUT2D eigenvalue weighted by Crippen LogP contribution is 2.14. The molecule has 1 aromatic heterocycles. The van der Waals surface area contributed by atoms with Crippen LogP contribution in [0.4, 0.5) is 5.13 Å². The monoisotopic (exact) mass is 241 g/mol.